The zero-order valence-corrected chi connectivity index (χ0v) is 11.9. The Labute approximate surface area is 116 Å². The lowest BCUT2D eigenvalue weighted by molar-refractivity contribution is 0.571. The van der Waals surface area contributed by atoms with Crippen LogP contribution in [-0.2, 0) is 23.6 Å². The fourth-order valence-electron chi connectivity index (χ4n) is 1.77. The van der Waals surface area contributed by atoms with Gasteiger partial charge in [-0.2, -0.15) is 5.10 Å². The summed E-state index contributed by atoms with van der Waals surface area (Å²) in [5.74, 6) is -0.647. The minimum Gasteiger partial charge on any atom is -0.399 e. The Balaban J connectivity index is 2.29. The average Bonchev–Trinajstić information content (AvgIpc) is 2.77. The van der Waals surface area contributed by atoms with Gasteiger partial charge in [0.25, 0.3) is 0 Å². The number of nitrogens with one attached hydrogen (secondary N) is 1. The molecule has 6 nitrogen and oxygen atoms in total. The van der Waals surface area contributed by atoms with E-state index in [4.69, 9.17) is 5.73 Å². The molecule has 8 heteroatoms. The van der Waals surface area contributed by atoms with Gasteiger partial charge in [-0.25, -0.2) is 17.5 Å². The highest BCUT2D eigenvalue weighted by molar-refractivity contribution is 7.89. The maximum Gasteiger partial charge on any atom is 0.241 e. The van der Waals surface area contributed by atoms with Crippen molar-refractivity contribution < 1.29 is 12.8 Å². The zero-order valence-electron chi connectivity index (χ0n) is 11.1. The monoisotopic (exact) mass is 298 g/mol. The van der Waals surface area contributed by atoms with Crippen LogP contribution in [0.4, 0.5) is 10.1 Å². The quantitative estimate of drug-likeness (QED) is 0.822. The second kappa shape index (κ2) is 5.22. The van der Waals surface area contributed by atoms with E-state index < -0.39 is 15.8 Å². The lowest BCUT2D eigenvalue weighted by Crippen LogP contribution is -2.25. The third-order valence-corrected chi connectivity index (χ3v) is 4.50. The van der Waals surface area contributed by atoms with Crippen LogP contribution in [0.1, 0.15) is 11.3 Å². The zero-order chi connectivity index (χ0) is 14.9. The van der Waals surface area contributed by atoms with Crippen LogP contribution in [0.2, 0.25) is 0 Å². The number of nitrogens with two attached hydrogens (primary N) is 1. The summed E-state index contributed by atoms with van der Waals surface area (Å²) < 4.78 is 41.9. The predicted octanol–water partition coefficient (Wildman–Crippen LogP) is 0.928. The van der Waals surface area contributed by atoms with Gasteiger partial charge < -0.3 is 5.73 Å². The van der Waals surface area contributed by atoms with Crippen molar-refractivity contribution in [3.8, 4) is 0 Å². The van der Waals surface area contributed by atoms with Gasteiger partial charge in [-0.15, -0.1) is 0 Å². The summed E-state index contributed by atoms with van der Waals surface area (Å²) in [6, 6.07) is 4.02. The molecule has 3 N–H and O–H groups in total. The molecule has 0 bridgehead atoms. The van der Waals surface area contributed by atoms with Gasteiger partial charge >= 0.3 is 0 Å². The van der Waals surface area contributed by atoms with E-state index in [2.05, 4.69) is 9.82 Å². The predicted molar refractivity (Wildman–Crippen MR) is 72.8 cm³/mol. The molecule has 1 heterocycles. The van der Waals surface area contributed by atoms with Crippen LogP contribution in [-0.4, -0.2) is 18.2 Å². The Morgan fingerprint density at radius 2 is 2.15 bits per heavy atom. The topological polar surface area (TPSA) is 90.0 Å². The first kappa shape index (κ1) is 14.5. The first-order valence-electron chi connectivity index (χ1n) is 5.83. The van der Waals surface area contributed by atoms with Crippen molar-refractivity contribution in [1.29, 1.82) is 0 Å². The molecule has 2 aromatic rings. The van der Waals surface area contributed by atoms with Gasteiger partial charge in [-0.1, -0.05) is 0 Å². The van der Waals surface area contributed by atoms with E-state index in [-0.39, 0.29) is 22.7 Å². The maximum atomic E-state index is 13.6. The highest BCUT2D eigenvalue weighted by Gasteiger charge is 2.20. The number of aromatic nitrogens is 2. The average molecular weight is 298 g/mol. The van der Waals surface area contributed by atoms with Gasteiger partial charge in [-0.05, 0) is 25.1 Å². The molecule has 0 atom stereocenters. The summed E-state index contributed by atoms with van der Waals surface area (Å²) in [4.78, 5) is -0.155. The molecule has 0 radical (unpaired) electrons. The molecule has 0 aliphatic carbocycles. The molecule has 0 spiro atoms. The molecule has 20 heavy (non-hydrogen) atoms. The third kappa shape index (κ3) is 2.81. The van der Waals surface area contributed by atoms with Crippen LogP contribution in [0.15, 0.2) is 29.3 Å². The maximum absolute atomic E-state index is 13.6. The molecule has 0 amide bonds. The number of benzene rings is 1. The number of aryl methyl sites for hydroxylation is 1. The summed E-state index contributed by atoms with van der Waals surface area (Å²) in [5.41, 5.74) is 6.29. The Kier molecular flexibility index (Phi) is 3.78. The van der Waals surface area contributed by atoms with Crippen LogP contribution < -0.4 is 10.5 Å². The number of hydrogen-bond acceptors (Lipinski definition) is 4. The summed E-state index contributed by atoms with van der Waals surface area (Å²) in [6.45, 7) is 1.46. The first-order valence-corrected chi connectivity index (χ1v) is 7.32. The van der Waals surface area contributed by atoms with Crippen molar-refractivity contribution in [2.24, 2.45) is 7.05 Å². The number of hydrogen-bond donors (Lipinski definition) is 2. The highest BCUT2D eigenvalue weighted by Crippen LogP contribution is 2.21. The molecule has 0 aliphatic heterocycles. The van der Waals surface area contributed by atoms with Gasteiger partial charge in [0.2, 0.25) is 10.0 Å². The van der Waals surface area contributed by atoms with Crippen molar-refractivity contribution in [2.45, 2.75) is 18.4 Å². The Hall–Kier alpha value is -1.93. The second-order valence-corrected chi connectivity index (χ2v) is 6.13. The fraction of sp³-hybridized carbons (Fsp3) is 0.250. The summed E-state index contributed by atoms with van der Waals surface area (Å²) in [6.07, 6.45) is 1.56. The number of anilines is 1. The van der Waals surface area contributed by atoms with Crippen molar-refractivity contribution in [2.75, 3.05) is 5.73 Å². The van der Waals surface area contributed by atoms with Crippen LogP contribution in [0.3, 0.4) is 0 Å². The van der Waals surface area contributed by atoms with Gasteiger partial charge in [0.05, 0.1) is 17.1 Å². The number of halogens is 1. The van der Waals surface area contributed by atoms with Crippen LogP contribution in [0, 0.1) is 12.7 Å². The van der Waals surface area contributed by atoms with Crippen molar-refractivity contribution in [3.05, 3.63) is 41.5 Å². The highest BCUT2D eigenvalue weighted by atomic mass is 32.2. The van der Waals surface area contributed by atoms with E-state index in [0.717, 1.165) is 6.07 Å². The lowest BCUT2D eigenvalue weighted by atomic mass is 10.2. The Bertz CT molecular complexity index is 740. The van der Waals surface area contributed by atoms with Crippen molar-refractivity contribution in [3.63, 3.8) is 0 Å². The van der Waals surface area contributed by atoms with E-state index in [0.29, 0.717) is 5.69 Å². The van der Waals surface area contributed by atoms with Crippen molar-refractivity contribution >= 4 is 15.7 Å². The second-order valence-electron chi connectivity index (χ2n) is 4.40. The number of nitrogens with zero attached hydrogens (tertiary/aromatic N) is 2. The smallest absolute Gasteiger partial charge is 0.241 e. The number of rotatable bonds is 4. The minimum atomic E-state index is -3.84. The normalized spacial score (nSPS) is 11.8. The SMILES string of the molecule is Cc1c(F)cc(N)cc1S(=O)(=O)NCc1ccnn1C. The molecule has 1 aromatic carbocycles. The van der Waals surface area contributed by atoms with Gasteiger partial charge in [0.15, 0.2) is 0 Å². The standard InChI is InChI=1S/C12H15FN4O2S/c1-8-11(13)5-9(14)6-12(8)20(18,19)16-7-10-3-4-15-17(10)2/h3-6,16H,7,14H2,1-2H3. The summed E-state index contributed by atoms with van der Waals surface area (Å²) in [5, 5.41) is 3.94. The largest absolute Gasteiger partial charge is 0.399 e. The molecular formula is C12H15FN4O2S. The lowest BCUT2D eigenvalue weighted by Gasteiger charge is -2.11. The van der Waals surface area contributed by atoms with E-state index in [1.54, 1.807) is 24.0 Å². The Morgan fingerprint density at radius 1 is 1.45 bits per heavy atom. The number of nitrogen functional groups attached to an aromatic ring is 1. The van der Waals surface area contributed by atoms with E-state index in [9.17, 15) is 12.8 Å². The molecule has 0 unspecified atom stereocenters. The molecule has 1 aromatic heterocycles. The van der Waals surface area contributed by atoms with Gasteiger partial charge in [0, 0.05) is 24.5 Å². The first-order chi connectivity index (χ1) is 9.31. The molecule has 0 aliphatic rings. The van der Waals surface area contributed by atoms with Crippen LogP contribution in [0.5, 0.6) is 0 Å². The summed E-state index contributed by atoms with van der Waals surface area (Å²) >= 11 is 0. The fourth-order valence-corrected chi connectivity index (χ4v) is 3.06. The summed E-state index contributed by atoms with van der Waals surface area (Å²) in [7, 11) is -2.14. The third-order valence-electron chi connectivity index (χ3n) is 2.97. The molecular weight excluding hydrogens is 283 g/mol. The molecule has 108 valence electrons. The minimum absolute atomic E-state index is 0.0386. The molecule has 2 rings (SSSR count). The molecule has 0 fully saturated rings. The van der Waals surface area contributed by atoms with Crippen LogP contribution >= 0.6 is 0 Å². The van der Waals surface area contributed by atoms with Gasteiger partial charge in [-0.3, -0.25) is 4.68 Å². The number of sulfonamides is 1. The van der Waals surface area contributed by atoms with E-state index in [1.165, 1.54) is 13.0 Å². The molecule has 0 saturated carbocycles. The van der Waals surface area contributed by atoms with E-state index >= 15 is 0 Å². The van der Waals surface area contributed by atoms with Crippen molar-refractivity contribution in [1.82, 2.24) is 14.5 Å². The Morgan fingerprint density at radius 3 is 2.75 bits per heavy atom. The van der Waals surface area contributed by atoms with E-state index in [1.807, 2.05) is 0 Å². The van der Waals surface area contributed by atoms with Gasteiger partial charge in [0.1, 0.15) is 5.82 Å². The molecule has 0 saturated heterocycles. The van der Waals surface area contributed by atoms with Crippen LogP contribution in [0.25, 0.3) is 0 Å².